The first-order valence-corrected chi connectivity index (χ1v) is 8.52. The summed E-state index contributed by atoms with van der Waals surface area (Å²) in [5, 5.41) is 5.90. The first-order valence-electron chi connectivity index (χ1n) is 8.52. The summed E-state index contributed by atoms with van der Waals surface area (Å²) < 4.78 is 64.3. The van der Waals surface area contributed by atoms with Crippen LogP contribution in [-0.4, -0.2) is 33.3 Å². The molecule has 0 heterocycles. The van der Waals surface area contributed by atoms with Gasteiger partial charge in [0, 0.05) is 31.3 Å². The molecule has 2 rings (SSSR count). The monoisotopic (exact) mass is 543 g/mol. The zero-order valence-electron chi connectivity index (χ0n) is 16.2. The lowest BCUT2D eigenvalue weighted by Gasteiger charge is -2.16. The quantitative estimate of drug-likeness (QED) is 0.213. The van der Waals surface area contributed by atoms with E-state index in [0.29, 0.717) is 22.8 Å². The second-order valence-electron chi connectivity index (χ2n) is 5.62. The van der Waals surface area contributed by atoms with E-state index in [-0.39, 0.29) is 48.6 Å². The molecule has 0 unspecified atom stereocenters. The van der Waals surface area contributed by atoms with E-state index in [9.17, 15) is 17.6 Å². The Morgan fingerprint density at radius 2 is 1.47 bits per heavy atom. The summed E-state index contributed by atoms with van der Waals surface area (Å²) in [5.41, 5.74) is 0.924. The standard InChI is InChI=1S/C19H21F4N3O3.HI/c1-24-19(25-10-12-5-3-4-6-15(12)28-17(20)21)26-11-13-9-14(27-2)7-8-16(13)29-18(22)23;/h3-9,17-18H,10-11H2,1-2H3,(H2,24,25,26);1H. The molecule has 0 aromatic heterocycles. The Balaban J connectivity index is 0.00000450. The maximum atomic E-state index is 12.6. The largest absolute Gasteiger partial charge is 0.497 e. The third-order valence-electron chi connectivity index (χ3n) is 3.79. The molecular formula is C19H22F4IN3O3. The summed E-state index contributed by atoms with van der Waals surface area (Å²) in [6.07, 6.45) is 0. The predicted molar refractivity (Wildman–Crippen MR) is 115 cm³/mol. The number of alkyl halides is 4. The van der Waals surface area contributed by atoms with E-state index >= 15 is 0 Å². The minimum Gasteiger partial charge on any atom is -0.497 e. The number of methoxy groups -OCH3 is 1. The van der Waals surface area contributed by atoms with Crippen molar-refractivity contribution in [3.63, 3.8) is 0 Å². The van der Waals surface area contributed by atoms with Gasteiger partial charge in [-0.3, -0.25) is 4.99 Å². The molecular weight excluding hydrogens is 521 g/mol. The van der Waals surface area contributed by atoms with Crippen molar-refractivity contribution < 1.29 is 31.8 Å². The predicted octanol–water partition coefficient (Wildman–Crippen LogP) is 4.38. The highest BCUT2D eigenvalue weighted by Crippen LogP contribution is 2.25. The second-order valence-corrected chi connectivity index (χ2v) is 5.62. The number of hydrogen-bond acceptors (Lipinski definition) is 4. The van der Waals surface area contributed by atoms with Gasteiger partial charge in [0.2, 0.25) is 0 Å². The van der Waals surface area contributed by atoms with E-state index in [1.807, 2.05) is 0 Å². The molecule has 0 fully saturated rings. The van der Waals surface area contributed by atoms with E-state index in [1.54, 1.807) is 24.3 Å². The van der Waals surface area contributed by atoms with Gasteiger partial charge < -0.3 is 24.8 Å². The molecule has 0 aliphatic rings. The lowest BCUT2D eigenvalue weighted by Crippen LogP contribution is -2.36. The number of para-hydroxylation sites is 1. The fourth-order valence-corrected chi connectivity index (χ4v) is 2.47. The second kappa shape index (κ2) is 13.0. The van der Waals surface area contributed by atoms with Crippen LogP contribution in [0.15, 0.2) is 47.5 Å². The lowest BCUT2D eigenvalue weighted by atomic mass is 10.2. The average Bonchev–Trinajstić information content (AvgIpc) is 2.69. The molecule has 11 heteroatoms. The molecule has 0 radical (unpaired) electrons. The summed E-state index contributed by atoms with van der Waals surface area (Å²) in [7, 11) is 2.97. The van der Waals surface area contributed by atoms with Crippen LogP contribution >= 0.6 is 24.0 Å². The van der Waals surface area contributed by atoms with Crippen LogP contribution in [0.25, 0.3) is 0 Å². The SMILES string of the molecule is CN=C(NCc1ccccc1OC(F)F)NCc1cc(OC)ccc1OC(F)F.I. The maximum Gasteiger partial charge on any atom is 0.387 e. The molecule has 30 heavy (non-hydrogen) atoms. The smallest absolute Gasteiger partial charge is 0.387 e. The van der Waals surface area contributed by atoms with E-state index in [1.165, 1.54) is 32.4 Å². The highest BCUT2D eigenvalue weighted by atomic mass is 127. The van der Waals surface area contributed by atoms with Crippen molar-refractivity contribution in [2.75, 3.05) is 14.2 Å². The van der Waals surface area contributed by atoms with Gasteiger partial charge in [-0.1, -0.05) is 18.2 Å². The molecule has 0 saturated heterocycles. The van der Waals surface area contributed by atoms with Crippen LogP contribution in [0.5, 0.6) is 17.2 Å². The topological polar surface area (TPSA) is 64.1 Å². The summed E-state index contributed by atoms with van der Waals surface area (Å²) in [4.78, 5) is 4.03. The minimum absolute atomic E-state index is 0. The van der Waals surface area contributed by atoms with Crippen LogP contribution in [0.1, 0.15) is 11.1 Å². The fourth-order valence-electron chi connectivity index (χ4n) is 2.47. The summed E-state index contributed by atoms with van der Waals surface area (Å²) >= 11 is 0. The van der Waals surface area contributed by atoms with Crippen LogP contribution in [0.3, 0.4) is 0 Å². The number of nitrogens with one attached hydrogen (secondary N) is 2. The van der Waals surface area contributed by atoms with E-state index in [4.69, 9.17) is 4.74 Å². The van der Waals surface area contributed by atoms with E-state index in [0.717, 1.165) is 0 Å². The molecule has 0 spiro atoms. The Kier molecular flexibility index (Phi) is 11.1. The maximum absolute atomic E-state index is 12.6. The van der Waals surface area contributed by atoms with Crippen LogP contribution in [0.4, 0.5) is 17.6 Å². The van der Waals surface area contributed by atoms with Crippen molar-refractivity contribution in [2.24, 2.45) is 4.99 Å². The Morgan fingerprint density at radius 3 is 2.03 bits per heavy atom. The number of rotatable bonds is 9. The summed E-state index contributed by atoms with van der Waals surface area (Å²) in [6, 6.07) is 10.8. The molecule has 166 valence electrons. The first kappa shape index (κ1) is 25.6. The van der Waals surface area contributed by atoms with Crippen molar-refractivity contribution >= 4 is 29.9 Å². The Hall–Kier alpha value is -2.44. The summed E-state index contributed by atoms with van der Waals surface area (Å²) in [5.74, 6) is 0.845. The Bertz CT molecular complexity index is 825. The minimum atomic E-state index is -2.97. The number of guanidine groups is 1. The molecule has 6 nitrogen and oxygen atoms in total. The van der Waals surface area contributed by atoms with Gasteiger partial charge in [-0.05, 0) is 24.3 Å². The van der Waals surface area contributed by atoms with Gasteiger partial charge in [0.1, 0.15) is 17.2 Å². The Labute approximate surface area is 188 Å². The molecule has 2 N–H and O–H groups in total. The van der Waals surface area contributed by atoms with Gasteiger partial charge in [0.05, 0.1) is 7.11 Å². The molecule has 0 aliphatic carbocycles. The van der Waals surface area contributed by atoms with Crippen molar-refractivity contribution in [3.05, 3.63) is 53.6 Å². The number of halogens is 5. The van der Waals surface area contributed by atoms with Crippen molar-refractivity contribution in [2.45, 2.75) is 26.3 Å². The Morgan fingerprint density at radius 1 is 0.900 bits per heavy atom. The lowest BCUT2D eigenvalue weighted by molar-refractivity contribution is -0.0511. The molecule has 0 amide bonds. The van der Waals surface area contributed by atoms with Gasteiger partial charge in [-0.15, -0.1) is 24.0 Å². The fraction of sp³-hybridized carbons (Fsp3) is 0.316. The molecule has 0 aliphatic heterocycles. The zero-order valence-corrected chi connectivity index (χ0v) is 18.5. The van der Waals surface area contributed by atoms with Gasteiger partial charge in [0.15, 0.2) is 5.96 Å². The van der Waals surface area contributed by atoms with Crippen LogP contribution in [0, 0.1) is 0 Å². The van der Waals surface area contributed by atoms with Gasteiger partial charge in [-0.25, -0.2) is 0 Å². The van der Waals surface area contributed by atoms with Crippen LogP contribution < -0.4 is 24.8 Å². The number of hydrogen-bond donors (Lipinski definition) is 2. The third kappa shape index (κ3) is 8.13. The summed E-state index contributed by atoms with van der Waals surface area (Å²) in [6.45, 7) is -5.64. The number of nitrogens with zero attached hydrogens (tertiary/aromatic N) is 1. The zero-order chi connectivity index (χ0) is 21.2. The number of ether oxygens (including phenoxy) is 3. The van der Waals surface area contributed by atoms with Crippen LogP contribution in [0.2, 0.25) is 0 Å². The molecule has 0 saturated carbocycles. The molecule has 0 atom stereocenters. The molecule has 0 bridgehead atoms. The van der Waals surface area contributed by atoms with Crippen LogP contribution in [-0.2, 0) is 13.1 Å². The van der Waals surface area contributed by atoms with Gasteiger partial charge in [-0.2, -0.15) is 17.6 Å². The highest BCUT2D eigenvalue weighted by Gasteiger charge is 2.13. The normalized spacial score (nSPS) is 11.1. The third-order valence-corrected chi connectivity index (χ3v) is 3.79. The first-order chi connectivity index (χ1) is 13.9. The average molecular weight is 543 g/mol. The number of benzene rings is 2. The molecule has 2 aromatic rings. The van der Waals surface area contributed by atoms with Gasteiger partial charge >= 0.3 is 13.2 Å². The van der Waals surface area contributed by atoms with Crippen molar-refractivity contribution in [1.82, 2.24) is 10.6 Å². The van der Waals surface area contributed by atoms with E-state index in [2.05, 4.69) is 25.1 Å². The van der Waals surface area contributed by atoms with Crippen molar-refractivity contribution in [3.8, 4) is 17.2 Å². The number of aliphatic imine (C=N–C) groups is 1. The van der Waals surface area contributed by atoms with Crippen molar-refractivity contribution in [1.29, 1.82) is 0 Å². The highest BCUT2D eigenvalue weighted by molar-refractivity contribution is 14.0. The van der Waals surface area contributed by atoms with Gasteiger partial charge in [0.25, 0.3) is 0 Å². The van der Waals surface area contributed by atoms with E-state index < -0.39 is 13.2 Å². The molecule has 2 aromatic carbocycles.